The summed E-state index contributed by atoms with van der Waals surface area (Å²) >= 11 is 0. The lowest BCUT2D eigenvalue weighted by Crippen LogP contribution is -2.31. The second-order valence-electron chi connectivity index (χ2n) is 5.69. The van der Waals surface area contributed by atoms with Gasteiger partial charge in [-0.2, -0.15) is 0 Å². The molecule has 0 aliphatic heterocycles. The molecule has 1 aromatic carbocycles. The van der Waals surface area contributed by atoms with Crippen LogP contribution in [0, 0.1) is 0 Å². The van der Waals surface area contributed by atoms with Crippen LogP contribution in [0.1, 0.15) is 49.9 Å². The van der Waals surface area contributed by atoms with Crippen LogP contribution in [0.2, 0.25) is 0 Å². The van der Waals surface area contributed by atoms with Gasteiger partial charge in [-0.25, -0.2) is 4.79 Å². The summed E-state index contributed by atoms with van der Waals surface area (Å²) in [7, 11) is -2.15. The maximum Gasteiger partial charge on any atom is 0.338 e. The number of unbranched alkanes of at least 4 members (excludes halogenated alkanes) is 2. The van der Waals surface area contributed by atoms with Crippen LogP contribution in [0.3, 0.4) is 0 Å². The largest absolute Gasteiger partial charge is 0.461 e. The summed E-state index contributed by atoms with van der Waals surface area (Å²) in [5, 5.41) is -0.359. The predicted molar refractivity (Wildman–Crippen MR) is 101 cm³/mol. The molecule has 136 valence electrons. The molecule has 0 saturated carbocycles. The molecule has 0 aromatic heterocycles. The van der Waals surface area contributed by atoms with E-state index in [1.54, 1.807) is 24.3 Å². The highest BCUT2D eigenvalue weighted by molar-refractivity contribution is 7.89. The highest BCUT2D eigenvalue weighted by atomic mass is 32.2. The molecule has 1 aromatic rings. The molecule has 3 atom stereocenters. The van der Waals surface area contributed by atoms with E-state index in [2.05, 4.69) is 6.92 Å². The summed E-state index contributed by atoms with van der Waals surface area (Å²) in [4.78, 5) is 12.0. The van der Waals surface area contributed by atoms with Gasteiger partial charge in [0.15, 0.2) is 0 Å². The van der Waals surface area contributed by atoms with Gasteiger partial charge in [0.2, 0.25) is 0 Å². The van der Waals surface area contributed by atoms with E-state index in [1.807, 2.05) is 13.0 Å². The van der Waals surface area contributed by atoms with Crippen LogP contribution >= 0.6 is 0 Å². The second kappa shape index (κ2) is 12.4. The molecule has 0 spiro atoms. The van der Waals surface area contributed by atoms with Gasteiger partial charge in [0.1, 0.15) is 6.61 Å². The SMILES string of the molecule is CCCC[S@@](=O)C[C@@H](COC(=O)c1ccccc1)[S@@](=O)CCCC. The summed E-state index contributed by atoms with van der Waals surface area (Å²) in [5.41, 5.74) is 0.475. The molecule has 6 heteroatoms. The first-order chi connectivity index (χ1) is 11.6. The van der Waals surface area contributed by atoms with Gasteiger partial charge in [0.05, 0.1) is 10.8 Å². The summed E-state index contributed by atoms with van der Waals surface area (Å²) < 4.78 is 29.9. The fourth-order valence-electron chi connectivity index (χ4n) is 2.08. The van der Waals surface area contributed by atoms with E-state index in [1.165, 1.54) is 0 Å². The lowest BCUT2D eigenvalue weighted by Gasteiger charge is -2.16. The van der Waals surface area contributed by atoms with E-state index in [0.29, 0.717) is 22.8 Å². The van der Waals surface area contributed by atoms with Gasteiger partial charge in [0.25, 0.3) is 0 Å². The standard InChI is InChI=1S/C18H28O4S2/c1-3-5-12-23(20)15-17(24(21)13-6-4-2)14-22-18(19)16-10-8-7-9-11-16/h7-11,17H,3-6,12-15H2,1-2H3/t17-,23-,24+/m1/s1. The molecule has 0 bridgehead atoms. The van der Waals surface area contributed by atoms with Crippen LogP contribution in [0.25, 0.3) is 0 Å². The van der Waals surface area contributed by atoms with Crippen LogP contribution in [0.4, 0.5) is 0 Å². The minimum Gasteiger partial charge on any atom is -0.461 e. The van der Waals surface area contributed by atoms with Crippen molar-refractivity contribution in [2.45, 2.75) is 44.8 Å². The zero-order valence-corrected chi connectivity index (χ0v) is 16.2. The molecule has 0 radical (unpaired) electrons. The third-order valence-corrected chi connectivity index (χ3v) is 7.04. The summed E-state index contributed by atoms with van der Waals surface area (Å²) in [6.07, 6.45) is 3.70. The smallest absolute Gasteiger partial charge is 0.338 e. The van der Waals surface area contributed by atoms with Crippen molar-refractivity contribution in [2.24, 2.45) is 0 Å². The third-order valence-electron chi connectivity index (χ3n) is 3.58. The number of hydrogen-bond acceptors (Lipinski definition) is 4. The van der Waals surface area contributed by atoms with Gasteiger partial charge in [-0.05, 0) is 25.0 Å². The maximum absolute atomic E-state index is 12.4. The molecule has 0 aliphatic carbocycles. The maximum atomic E-state index is 12.4. The van der Waals surface area contributed by atoms with Gasteiger partial charge >= 0.3 is 5.97 Å². The molecule has 4 nitrogen and oxygen atoms in total. The highest BCUT2D eigenvalue weighted by Crippen LogP contribution is 2.08. The number of esters is 1. The number of hydrogen-bond donors (Lipinski definition) is 0. The monoisotopic (exact) mass is 372 g/mol. The Kier molecular flexibility index (Phi) is 10.8. The van der Waals surface area contributed by atoms with Crippen molar-refractivity contribution in [3.8, 4) is 0 Å². The molecule has 0 N–H and O–H groups in total. The Morgan fingerprint density at radius 1 is 1.04 bits per heavy atom. The van der Waals surface area contributed by atoms with Gasteiger partial charge in [-0.15, -0.1) is 0 Å². The molecule has 0 fully saturated rings. The zero-order chi connectivity index (χ0) is 17.8. The minimum atomic E-state index is -1.13. The predicted octanol–water partition coefficient (Wildman–Crippen LogP) is 3.31. The van der Waals surface area contributed by atoms with E-state index >= 15 is 0 Å². The second-order valence-corrected chi connectivity index (χ2v) is 9.15. The fraction of sp³-hybridized carbons (Fsp3) is 0.611. The summed E-state index contributed by atoms with van der Waals surface area (Å²) in [6, 6.07) is 8.74. The van der Waals surface area contributed by atoms with Crippen molar-refractivity contribution in [1.82, 2.24) is 0 Å². The highest BCUT2D eigenvalue weighted by Gasteiger charge is 2.21. The van der Waals surface area contributed by atoms with Crippen LogP contribution in [-0.4, -0.2) is 43.5 Å². The van der Waals surface area contributed by atoms with Gasteiger partial charge in [-0.3, -0.25) is 8.42 Å². The summed E-state index contributed by atoms with van der Waals surface area (Å²) in [5.74, 6) is 1.09. The normalized spacial score (nSPS) is 14.8. The van der Waals surface area contributed by atoms with Gasteiger partial charge in [-0.1, -0.05) is 44.9 Å². The Balaban J connectivity index is 2.61. The molecule has 24 heavy (non-hydrogen) atoms. The van der Waals surface area contributed by atoms with Crippen molar-refractivity contribution in [1.29, 1.82) is 0 Å². The van der Waals surface area contributed by atoms with E-state index in [-0.39, 0.29) is 11.9 Å². The molecule has 0 heterocycles. The van der Waals surface area contributed by atoms with E-state index < -0.39 is 27.6 Å². The first kappa shape index (κ1) is 21.0. The topological polar surface area (TPSA) is 60.4 Å². The number of carbonyl (C=O) groups excluding carboxylic acids is 1. The van der Waals surface area contributed by atoms with Crippen LogP contribution in [0.15, 0.2) is 30.3 Å². The van der Waals surface area contributed by atoms with Crippen molar-refractivity contribution in [3.05, 3.63) is 35.9 Å². The van der Waals surface area contributed by atoms with E-state index in [4.69, 9.17) is 4.74 Å². The van der Waals surface area contributed by atoms with E-state index in [0.717, 1.165) is 25.7 Å². The van der Waals surface area contributed by atoms with Crippen LogP contribution in [-0.2, 0) is 26.3 Å². The molecule has 0 amide bonds. The van der Waals surface area contributed by atoms with Crippen LogP contribution in [0.5, 0.6) is 0 Å². The zero-order valence-electron chi connectivity index (χ0n) is 14.6. The number of carbonyl (C=O) groups is 1. The molecule has 0 saturated heterocycles. The van der Waals surface area contributed by atoms with Gasteiger partial charge in [0, 0.05) is 38.9 Å². The van der Waals surface area contributed by atoms with Crippen LogP contribution < -0.4 is 0 Å². The van der Waals surface area contributed by atoms with Crippen molar-refractivity contribution in [3.63, 3.8) is 0 Å². The molecule has 0 aliphatic rings. The number of benzene rings is 1. The third kappa shape index (κ3) is 8.20. The molecular formula is C18H28O4S2. The number of ether oxygens (including phenoxy) is 1. The van der Waals surface area contributed by atoms with Crippen molar-refractivity contribution < 1.29 is 17.9 Å². The Hall–Kier alpha value is -1.01. The Labute approximate surface area is 150 Å². The Bertz CT molecular complexity index is 531. The average Bonchev–Trinajstić information content (AvgIpc) is 2.61. The van der Waals surface area contributed by atoms with Crippen molar-refractivity contribution in [2.75, 3.05) is 23.9 Å². The minimum absolute atomic E-state index is 0.0575. The Morgan fingerprint density at radius 3 is 2.29 bits per heavy atom. The fourth-order valence-corrected chi connectivity index (χ4v) is 5.55. The number of rotatable bonds is 12. The lowest BCUT2D eigenvalue weighted by atomic mass is 10.2. The average molecular weight is 373 g/mol. The quantitative estimate of drug-likeness (QED) is 0.528. The van der Waals surface area contributed by atoms with E-state index in [9.17, 15) is 13.2 Å². The van der Waals surface area contributed by atoms with Crippen molar-refractivity contribution >= 4 is 27.6 Å². The van der Waals surface area contributed by atoms with Gasteiger partial charge < -0.3 is 4.74 Å². The lowest BCUT2D eigenvalue weighted by molar-refractivity contribution is 0.0510. The first-order valence-corrected chi connectivity index (χ1v) is 11.4. The Morgan fingerprint density at radius 2 is 1.67 bits per heavy atom. The summed E-state index contributed by atoms with van der Waals surface area (Å²) in [6.45, 7) is 4.15. The first-order valence-electron chi connectivity index (χ1n) is 8.52. The molecule has 0 unspecified atom stereocenters. The molecular weight excluding hydrogens is 344 g/mol. The molecule has 1 rings (SSSR count).